The topological polar surface area (TPSA) is 48.9 Å². The third-order valence-electron chi connectivity index (χ3n) is 3.19. The molecule has 0 saturated carbocycles. The minimum Gasteiger partial charge on any atom is -0.550 e. The maximum atomic E-state index is 10.8. The molecule has 0 aliphatic carbocycles. The van der Waals surface area contributed by atoms with E-state index in [0.717, 1.165) is 25.8 Å². The Morgan fingerprint density at radius 3 is 2.72 bits per heavy atom. The van der Waals surface area contributed by atoms with Gasteiger partial charge in [0.05, 0.1) is 13.1 Å². The molecule has 1 heterocycles. The second-order valence-corrected chi connectivity index (χ2v) is 4.88. The summed E-state index contributed by atoms with van der Waals surface area (Å²) in [4.78, 5) is 10.8. The average Bonchev–Trinajstić information content (AvgIpc) is 2.70. The number of carbonyl (C=O) groups excluding carboxylic acids is 1. The van der Waals surface area contributed by atoms with E-state index < -0.39 is 11.9 Å². The second-order valence-electron chi connectivity index (χ2n) is 4.88. The Kier molecular flexibility index (Phi) is 5.89. The van der Waals surface area contributed by atoms with Gasteiger partial charge in [-0.3, -0.25) is 0 Å². The molecule has 0 fully saturated rings. The smallest absolute Gasteiger partial charge is 0.256 e. The van der Waals surface area contributed by atoms with Crippen molar-refractivity contribution in [2.75, 3.05) is 0 Å². The third-order valence-corrected chi connectivity index (χ3v) is 3.19. The number of aromatic nitrogens is 2. The summed E-state index contributed by atoms with van der Waals surface area (Å²) in [5.41, 5.74) is 0. The lowest BCUT2D eigenvalue weighted by atomic mass is 10.2. The van der Waals surface area contributed by atoms with Crippen LogP contribution in [-0.4, -0.2) is 10.5 Å². The Bertz CT molecular complexity index is 385. The minimum atomic E-state index is -0.980. The van der Waals surface area contributed by atoms with Crippen LogP contribution in [0.2, 0.25) is 0 Å². The molecule has 1 rings (SSSR count). The van der Waals surface area contributed by atoms with Crippen LogP contribution < -0.4 is 9.67 Å². The van der Waals surface area contributed by atoms with Crippen LogP contribution in [-0.2, 0) is 24.3 Å². The van der Waals surface area contributed by atoms with E-state index in [0.29, 0.717) is 6.54 Å². The fourth-order valence-electron chi connectivity index (χ4n) is 2.08. The van der Waals surface area contributed by atoms with E-state index in [2.05, 4.69) is 29.2 Å². The lowest BCUT2D eigenvalue weighted by Crippen LogP contribution is -2.45. The van der Waals surface area contributed by atoms with Gasteiger partial charge in [0.2, 0.25) is 0 Å². The van der Waals surface area contributed by atoms with Gasteiger partial charge in [-0.1, -0.05) is 27.2 Å². The van der Waals surface area contributed by atoms with E-state index in [1.165, 1.54) is 12.2 Å². The van der Waals surface area contributed by atoms with Crippen LogP contribution in [0.15, 0.2) is 12.4 Å². The van der Waals surface area contributed by atoms with Gasteiger partial charge < -0.3 is 9.90 Å². The zero-order valence-electron chi connectivity index (χ0n) is 11.7. The largest absolute Gasteiger partial charge is 0.550 e. The van der Waals surface area contributed by atoms with E-state index in [1.54, 1.807) is 6.92 Å². The molecular formula is C14H24N2O2. The summed E-state index contributed by atoms with van der Waals surface area (Å²) >= 11 is 0. The predicted octanol–water partition coefficient (Wildman–Crippen LogP) is 0.914. The van der Waals surface area contributed by atoms with Gasteiger partial charge in [0.1, 0.15) is 12.4 Å². The van der Waals surface area contributed by atoms with Gasteiger partial charge >= 0.3 is 0 Å². The number of carboxylic acid groups (broad SMARTS) is 1. The van der Waals surface area contributed by atoms with Crippen molar-refractivity contribution in [3.05, 3.63) is 18.2 Å². The van der Waals surface area contributed by atoms with Gasteiger partial charge in [-0.05, 0) is 12.8 Å². The van der Waals surface area contributed by atoms with Gasteiger partial charge in [-0.2, -0.15) is 0 Å². The first-order valence-electron chi connectivity index (χ1n) is 6.88. The lowest BCUT2D eigenvalue weighted by Gasteiger charge is -2.11. The van der Waals surface area contributed by atoms with Crippen molar-refractivity contribution in [3.63, 3.8) is 0 Å². The van der Waals surface area contributed by atoms with E-state index >= 15 is 0 Å². The zero-order chi connectivity index (χ0) is 13.5. The Hall–Kier alpha value is -1.32. The molecule has 0 aliphatic rings. The number of hydrogen-bond donors (Lipinski definition) is 0. The summed E-state index contributed by atoms with van der Waals surface area (Å²) in [5.74, 6) is -0.210. The third kappa shape index (κ3) is 3.86. The van der Waals surface area contributed by atoms with E-state index in [4.69, 9.17) is 0 Å². The first kappa shape index (κ1) is 14.7. The van der Waals surface area contributed by atoms with Crippen molar-refractivity contribution in [2.45, 2.75) is 59.5 Å². The normalized spacial score (nSPS) is 12.6. The first-order chi connectivity index (χ1) is 8.60. The summed E-state index contributed by atoms with van der Waals surface area (Å²) < 4.78 is 4.30. The summed E-state index contributed by atoms with van der Waals surface area (Å²) in [5, 5.41) is 10.8. The standard InChI is InChI=1S/C14H24N2O2/c1-4-6-8-15-9-10-16(13(15)7-5-2)11-12(3)14(17)18/h9-10,12H,4-8,11H2,1-3H3. The molecule has 0 N–H and O–H groups in total. The Morgan fingerprint density at radius 1 is 1.44 bits per heavy atom. The SMILES string of the molecule is CCCCn1cc[n+](CC(C)C(=O)[O-])c1CCC. The summed E-state index contributed by atoms with van der Waals surface area (Å²) in [6, 6.07) is 0. The van der Waals surface area contributed by atoms with E-state index in [-0.39, 0.29) is 0 Å². The number of hydrogen-bond acceptors (Lipinski definition) is 2. The number of rotatable bonds is 8. The monoisotopic (exact) mass is 252 g/mol. The quantitative estimate of drug-likeness (QED) is 0.646. The molecule has 1 unspecified atom stereocenters. The van der Waals surface area contributed by atoms with Gasteiger partial charge in [0.25, 0.3) is 5.82 Å². The molecule has 102 valence electrons. The molecule has 0 saturated heterocycles. The van der Waals surface area contributed by atoms with Crippen LogP contribution in [0.5, 0.6) is 0 Å². The molecular weight excluding hydrogens is 228 g/mol. The maximum Gasteiger partial charge on any atom is 0.256 e. The molecule has 0 aromatic carbocycles. The van der Waals surface area contributed by atoms with Crippen LogP contribution in [0.1, 0.15) is 45.9 Å². The van der Waals surface area contributed by atoms with Crippen molar-refractivity contribution in [3.8, 4) is 0 Å². The molecule has 0 aliphatic heterocycles. The Morgan fingerprint density at radius 2 is 2.17 bits per heavy atom. The molecule has 1 atom stereocenters. The van der Waals surface area contributed by atoms with Crippen LogP contribution >= 0.6 is 0 Å². The molecule has 0 spiro atoms. The number of imidazole rings is 1. The summed E-state index contributed by atoms with van der Waals surface area (Å²) in [6.45, 7) is 7.52. The molecule has 0 amide bonds. The number of nitrogens with zero attached hydrogens (tertiary/aromatic N) is 2. The lowest BCUT2D eigenvalue weighted by molar-refractivity contribution is -0.708. The van der Waals surface area contributed by atoms with Crippen LogP contribution in [0.4, 0.5) is 0 Å². The van der Waals surface area contributed by atoms with E-state index in [1.807, 2.05) is 6.20 Å². The van der Waals surface area contributed by atoms with Gasteiger partial charge in [-0.15, -0.1) is 0 Å². The highest BCUT2D eigenvalue weighted by Gasteiger charge is 2.18. The molecule has 4 heteroatoms. The highest BCUT2D eigenvalue weighted by Crippen LogP contribution is 2.04. The Labute approximate surface area is 109 Å². The number of carbonyl (C=O) groups is 1. The molecule has 0 radical (unpaired) electrons. The van der Waals surface area contributed by atoms with Crippen molar-refractivity contribution in [1.29, 1.82) is 0 Å². The fraction of sp³-hybridized carbons (Fsp3) is 0.714. The minimum absolute atomic E-state index is 0.451. The van der Waals surface area contributed by atoms with Gasteiger partial charge in [-0.25, -0.2) is 9.13 Å². The number of aryl methyl sites for hydroxylation is 1. The number of carboxylic acids is 1. The molecule has 0 bridgehead atoms. The molecule has 1 aromatic heterocycles. The van der Waals surface area contributed by atoms with Crippen LogP contribution in [0, 0.1) is 5.92 Å². The Balaban J connectivity index is 2.83. The highest BCUT2D eigenvalue weighted by molar-refractivity contribution is 5.66. The van der Waals surface area contributed by atoms with Crippen molar-refractivity contribution >= 4 is 5.97 Å². The molecule has 1 aromatic rings. The highest BCUT2D eigenvalue weighted by atomic mass is 16.4. The van der Waals surface area contributed by atoms with Crippen molar-refractivity contribution in [1.82, 2.24) is 4.57 Å². The second kappa shape index (κ2) is 7.19. The number of unbranched alkanes of at least 4 members (excludes halogenated alkanes) is 1. The van der Waals surface area contributed by atoms with Crippen molar-refractivity contribution < 1.29 is 14.5 Å². The maximum absolute atomic E-state index is 10.8. The summed E-state index contributed by atoms with van der Waals surface area (Å²) in [6.07, 6.45) is 8.41. The van der Waals surface area contributed by atoms with Crippen LogP contribution in [0.25, 0.3) is 0 Å². The predicted molar refractivity (Wildman–Crippen MR) is 67.7 cm³/mol. The van der Waals surface area contributed by atoms with Gasteiger partial charge in [0, 0.05) is 18.3 Å². The molecule has 4 nitrogen and oxygen atoms in total. The number of aliphatic carboxylic acids is 1. The first-order valence-corrected chi connectivity index (χ1v) is 6.88. The van der Waals surface area contributed by atoms with Crippen molar-refractivity contribution in [2.24, 2.45) is 5.92 Å². The molecule has 18 heavy (non-hydrogen) atoms. The van der Waals surface area contributed by atoms with Crippen LogP contribution in [0.3, 0.4) is 0 Å². The van der Waals surface area contributed by atoms with Gasteiger partial charge in [0.15, 0.2) is 0 Å². The zero-order valence-corrected chi connectivity index (χ0v) is 11.7. The van der Waals surface area contributed by atoms with E-state index in [9.17, 15) is 9.90 Å². The fourth-order valence-corrected chi connectivity index (χ4v) is 2.08. The summed E-state index contributed by atoms with van der Waals surface area (Å²) in [7, 11) is 0. The average molecular weight is 252 g/mol.